The van der Waals surface area contributed by atoms with Crippen LogP contribution in [-0.2, 0) is 4.79 Å². The zero-order valence-electron chi connectivity index (χ0n) is 17.1. The van der Waals surface area contributed by atoms with Gasteiger partial charge < -0.3 is 19.2 Å². The summed E-state index contributed by atoms with van der Waals surface area (Å²) in [6.07, 6.45) is 0.627. The minimum atomic E-state index is -0.756. The predicted octanol–water partition coefficient (Wildman–Crippen LogP) is 4.35. The molecule has 0 saturated heterocycles. The zero-order chi connectivity index (χ0) is 22.4. The SMILES string of the molecule is CC(C)NC(=O)c1cc2ccc(OC(=O)CCCOc3ccc(Cl)cc3)cc2oc1=O. The lowest BCUT2D eigenvalue weighted by Gasteiger charge is -2.09. The van der Waals surface area contributed by atoms with E-state index in [1.165, 1.54) is 12.1 Å². The number of hydrogen-bond acceptors (Lipinski definition) is 6. The molecular weight excluding hydrogens is 422 g/mol. The first-order chi connectivity index (χ1) is 14.8. The summed E-state index contributed by atoms with van der Waals surface area (Å²) in [5.41, 5.74) is -0.609. The van der Waals surface area contributed by atoms with Crippen molar-refractivity contribution in [2.75, 3.05) is 6.61 Å². The van der Waals surface area contributed by atoms with Gasteiger partial charge in [-0.25, -0.2) is 4.79 Å². The molecular formula is C23H22ClNO6. The van der Waals surface area contributed by atoms with E-state index in [1.54, 1.807) is 50.2 Å². The summed E-state index contributed by atoms with van der Waals surface area (Å²) in [5.74, 6) is -0.0151. The third-order valence-corrected chi connectivity index (χ3v) is 4.46. The van der Waals surface area contributed by atoms with E-state index in [4.69, 9.17) is 25.5 Å². The molecule has 0 bridgehead atoms. The highest BCUT2D eigenvalue weighted by Crippen LogP contribution is 2.21. The Bertz CT molecular complexity index is 1140. The molecule has 2 aromatic carbocycles. The molecule has 1 N–H and O–H groups in total. The van der Waals surface area contributed by atoms with E-state index in [0.29, 0.717) is 29.2 Å². The molecule has 0 radical (unpaired) electrons. The van der Waals surface area contributed by atoms with Crippen molar-refractivity contribution in [3.8, 4) is 11.5 Å². The molecule has 7 nitrogen and oxygen atoms in total. The largest absolute Gasteiger partial charge is 0.494 e. The summed E-state index contributed by atoms with van der Waals surface area (Å²) < 4.78 is 16.1. The topological polar surface area (TPSA) is 94.8 Å². The second-order valence-corrected chi connectivity index (χ2v) is 7.59. The molecule has 162 valence electrons. The van der Waals surface area contributed by atoms with Crippen LogP contribution in [0.1, 0.15) is 37.0 Å². The number of nitrogens with one attached hydrogen (secondary N) is 1. The highest BCUT2D eigenvalue weighted by Gasteiger charge is 2.15. The number of esters is 1. The molecule has 0 atom stereocenters. The van der Waals surface area contributed by atoms with Gasteiger partial charge >= 0.3 is 11.6 Å². The monoisotopic (exact) mass is 443 g/mol. The van der Waals surface area contributed by atoms with Crippen molar-refractivity contribution in [2.24, 2.45) is 0 Å². The highest BCUT2D eigenvalue weighted by molar-refractivity contribution is 6.30. The zero-order valence-corrected chi connectivity index (χ0v) is 17.9. The highest BCUT2D eigenvalue weighted by atomic mass is 35.5. The predicted molar refractivity (Wildman–Crippen MR) is 117 cm³/mol. The van der Waals surface area contributed by atoms with E-state index in [2.05, 4.69) is 5.32 Å². The van der Waals surface area contributed by atoms with Crippen molar-refractivity contribution in [2.45, 2.75) is 32.7 Å². The minimum Gasteiger partial charge on any atom is -0.494 e. The number of benzene rings is 2. The average molecular weight is 444 g/mol. The lowest BCUT2D eigenvalue weighted by atomic mass is 10.1. The first-order valence-electron chi connectivity index (χ1n) is 9.79. The smallest absolute Gasteiger partial charge is 0.349 e. The molecule has 3 rings (SSSR count). The van der Waals surface area contributed by atoms with Crippen LogP contribution in [0, 0.1) is 0 Å². The van der Waals surface area contributed by atoms with Gasteiger partial charge in [-0.1, -0.05) is 11.6 Å². The van der Waals surface area contributed by atoms with Crippen LogP contribution in [0.5, 0.6) is 11.5 Å². The Morgan fingerprint density at radius 2 is 1.77 bits per heavy atom. The van der Waals surface area contributed by atoms with Crippen molar-refractivity contribution in [1.82, 2.24) is 5.32 Å². The molecule has 1 amide bonds. The Kier molecular flexibility index (Phi) is 7.31. The normalized spacial score (nSPS) is 10.8. The molecule has 0 saturated carbocycles. The van der Waals surface area contributed by atoms with Gasteiger partial charge in [0.2, 0.25) is 0 Å². The first-order valence-corrected chi connectivity index (χ1v) is 10.2. The van der Waals surface area contributed by atoms with Gasteiger partial charge in [-0.15, -0.1) is 0 Å². The number of fused-ring (bicyclic) bond motifs is 1. The van der Waals surface area contributed by atoms with Crippen LogP contribution >= 0.6 is 11.6 Å². The summed E-state index contributed by atoms with van der Waals surface area (Å²) in [7, 11) is 0. The van der Waals surface area contributed by atoms with Crippen LogP contribution in [-0.4, -0.2) is 24.5 Å². The number of halogens is 1. The lowest BCUT2D eigenvalue weighted by molar-refractivity contribution is -0.134. The van der Waals surface area contributed by atoms with E-state index < -0.39 is 17.5 Å². The fraction of sp³-hybridized carbons (Fsp3) is 0.261. The van der Waals surface area contributed by atoms with Crippen molar-refractivity contribution < 1.29 is 23.5 Å². The molecule has 0 fully saturated rings. The number of rotatable bonds is 8. The van der Waals surface area contributed by atoms with Crippen molar-refractivity contribution in [3.05, 3.63) is 69.5 Å². The van der Waals surface area contributed by atoms with Gasteiger partial charge in [0.25, 0.3) is 5.91 Å². The van der Waals surface area contributed by atoms with Crippen LogP contribution in [0.15, 0.2) is 57.7 Å². The van der Waals surface area contributed by atoms with E-state index >= 15 is 0 Å². The Morgan fingerprint density at radius 1 is 1.06 bits per heavy atom. The van der Waals surface area contributed by atoms with Crippen LogP contribution in [0.25, 0.3) is 11.0 Å². The van der Waals surface area contributed by atoms with Crippen LogP contribution in [0.2, 0.25) is 5.02 Å². The Hall–Kier alpha value is -3.32. The average Bonchev–Trinajstić information content (AvgIpc) is 2.71. The summed E-state index contributed by atoms with van der Waals surface area (Å²) in [6, 6.07) is 12.9. The number of amides is 1. The van der Waals surface area contributed by atoms with Gasteiger partial charge in [-0.05, 0) is 62.7 Å². The standard InChI is InChI=1S/C23H22ClNO6/c1-14(2)25-22(27)19-12-15-5-8-18(13-20(15)31-23(19)28)30-21(26)4-3-11-29-17-9-6-16(24)7-10-17/h5-10,12-14H,3-4,11H2,1-2H3,(H,25,27). The minimum absolute atomic E-state index is 0.0772. The van der Waals surface area contributed by atoms with Crippen LogP contribution < -0.4 is 20.4 Å². The maximum Gasteiger partial charge on any atom is 0.349 e. The third-order valence-electron chi connectivity index (χ3n) is 4.21. The number of hydrogen-bond donors (Lipinski definition) is 1. The molecule has 0 unspecified atom stereocenters. The van der Waals surface area contributed by atoms with Gasteiger partial charge in [0.05, 0.1) is 6.61 Å². The summed E-state index contributed by atoms with van der Waals surface area (Å²) in [4.78, 5) is 36.3. The van der Waals surface area contributed by atoms with Crippen LogP contribution in [0.4, 0.5) is 0 Å². The molecule has 0 aliphatic carbocycles. The van der Waals surface area contributed by atoms with Gasteiger partial charge in [0, 0.05) is 28.9 Å². The summed E-state index contributed by atoms with van der Waals surface area (Å²) in [6.45, 7) is 3.94. The molecule has 0 aliphatic heterocycles. The lowest BCUT2D eigenvalue weighted by Crippen LogP contribution is -2.33. The Morgan fingerprint density at radius 3 is 2.48 bits per heavy atom. The molecule has 0 aliphatic rings. The molecule has 31 heavy (non-hydrogen) atoms. The van der Waals surface area contributed by atoms with E-state index in [1.807, 2.05) is 0 Å². The fourth-order valence-corrected chi connectivity index (χ4v) is 2.90. The number of ether oxygens (including phenoxy) is 2. The van der Waals surface area contributed by atoms with Crippen LogP contribution in [0.3, 0.4) is 0 Å². The van der Waals surface area contributed by atoms with Gasteiger partial charge in [0.1, 0.15) is 22.6 Å². The second-order valence-electron chi connectivity index (χ2n) is 7.16. The van der Waals surface area contributed by atoms with Gasteiger partial charge in [0.15, 0.2) is 0 Å². The molecule has 3 aromatic rings. The second kappa shape index (κ2) is 10.1. The summed E-state index contributed by atoms with van der Waals surface area (Å²) in [5, 5.41) is 3.82. The number of carbonyl (C=O) groups excluding carboxylic acids is 2. The van der Waals surface area contributed by atoms with Crippen molar-refractivity contribution in [1.29, 1.82) is 0 Å². The van der Waals surface area contributed by atoms with Crippen molar-refractivity contribution >= 4 is 34.4 Å². The number of carbonyl (C=O) groups is 2. The van der Waals surface area contributed by atoms with Crippen molar-refractivity contribution in [3.63, 3.8) is 0 Å². The van der Waals surface area contributed by atoms with E-state index in [-0.39, 0.29) is 29.4 Å². The van der Waals surface area contributed by atoms with Gasteiger partial charge in [-0.2, -0.15) is 0 Å². The molecule has 1 heterocycles. The molecule has 1 aromatic heterocycles. The Balaban J connectivity index is 1.57. The van der Waals surface area contributed by atoms with Gasteiger partial charge in [-0.3, -0.25) is 9.59 Å². The maximum atomic E-state index is 12.1. The van der Waals surface area contributed by atoms with E-state index in [9.17, 15) is 14.4 Å². The third kappa shape index (κ3) is 6.33. The fourth-order valence-electron chi connectivity index (χ4n) is 2.77. The quantitative estimate of drug-likeness (QED) is 0.241. The molecule has 0 spiro atoms. The first kappa shape index (κ1) is 22.4. The Labute approximate surface area is 183 Å². The van der Waals surface area contributed by atoms with E-state index in [0.717, 1.165) is 0 Å². The maximum absolute atomic E-state index is 12.1. The molecule has 8 heteroatoms. The summed E-state index contributed by atoms with van der Waals surface area (Å²) >= 11 is 5.82.